The number of amides is 2. The number of carbonyl (C=O) groups excluding carboxylic acids is 2. The first-order chi connectivity index (χ1) is 17.0. The number of likely N-dealkylation sites (tertiary alicyclic amines) is 1. The van der Waals surface area contributed by atoms with Crippen molar-refractivity contribution >= 4 is 23.4 Å². The fourth-order valence-corrected chi connectivity index (χ4v) is 4.81. The van der Waals surface area contributed by atoms with Crippen molar-refractivity contribution in [2.75, 3.05) is 27.0 Å². The van der Waals surface area contributed by atoms with Gasteiger partial charge in [0, 0.05) is 36.1 Å². The molecule has 0 unspecified atom stereocenters. The zero-order chi connectivity index (χ0) is 24.4. The van der Waals surface area contributed by atoms with Gasteiger partial charge in [0.2, 0.25) is 12.7 Å². The van der Waals surface area contributed by atoms with Crippen LogP contribution in [-0.4, -0.2) is 43.7 Å². The van der Waals surface area contributed by atoms with Crippen LogP contribution in [0.5, 0.6) is 17.2 Å². The van der Waals surface area contributed by atoms with Gasteiger partial charge in [-0.05, 0) is 53.6 Å². The van der Waals surface area contributed by atoms with Crippen LogP contribution >= 0.6 is 11.6 Å². The molecule has 1 fully saturated rings. The van der Waals surface area contributed by atoms with Gasteiger partial charge in [0.05, 0.1) is 13.0 Å². The number of hydrogen-bond acceptors (Lipinski definition) is 5. The maximum Gasteiger partial charge on any atom is 0.253 e. The van der Waals surface area contributed by atoms with E-state index in [1.807, 2.05) is 42.5 Å². The Morgan fingerprint density at radius 1 is 1.03 bits per heavy atom. The molecule has 8 heteroatoms. The van der Waals surface area contributed by atoms with Gasteiger partial charge in [0.15, 0.2) is 11.5 Å². The summed E-state index contributed by atoms with van der Waals surface area (Å²) in [6.45, 7) is 1.27. The second kappa shape index (κ2) is 9.88. The molecular weight excluding hydrogens is 468 g/mol. The first-order valence-electron chi connectivity index (χ1n) is 11.4. The van der Waals surface area contributed by atoms with Gasteiger partial charge < -0.3 is 24.4 Å². The highest BCUT2D eigenvalue weighted by molar-refractivity contribution is 6.30. The molecule has 0 aromatic heterocycles. The molecule has 2 aliphatic rings. The van der Waals surface area contributed by atoms with E-state index in [1.54, 1.807) is 36.3 Å². The number of ether oxygens (including phenoxy) is 3. The first kappa shape index (κ1) is 23.1. The Kier molecular flexibility index (Phi) is 6.51. The van der Waals surface area contributed by atoms with Gasteiger partial charge in [-0.25, -0.2) is 0 Å². The molecular formula is C27H25ClN2O5. The van der Waals surface area contributed by atoms with Crippen LogP contribution in [0.3, 0.4) is 0 Å². The number of hydrogen-bond donors (Lipinski definition) is 1. The number of fused-ring (bicyclic) bond motifs is 1. The van der Waals surface area contributed by atoms with Gasteiger partial charge in [-0.3, -0.25) is 9.59 Å². The van der Waals surface area contributed by atoms with Crippen molar-refractivity contribution in [3.63, 3.8) is 0 Å². The number of nitrogens with one attached hydrogen (secondary N) is 1. The summed E-state index contributed by atoms with van der Waals surface area (Å²) in [5, 5.41) is 3.54. The Bertz CT molecular complexity index is 1260. The van der Waals surface area contributed by atoms with Crippen LogP contribution in [-0.2, 0) is 11.3 Å². The fraction of sp³-hybridized carbons (Fsp3) is 0.259. The molecule has 35 heavy (non-hydrogen) atoms. The van der Waals surface area contributed by atoms with Gasteiger partial charge in [-0.15, -0.1) is 0 Å². The number of carbonyl (C=O) groups is 2. The SMILES string of the molecule is COc1cccc([C@H]2CN(C(=O)c3cccc(Cl)c3)C[C@@H]2C(=O)NCc2ccc3c(c2)OCO3)c1. The van der Waals surface area contributed by atoms with Crippen LogP contribution in [0.1, 0.15) is 27.4 Å². The molecule has 180 valence electrons. The number of nitrogens with zero attached hydrogens (tertiary/aromatic N) is 1. The summed E-state index contributed by atoms with van der Waals surface area (Å²) in [6.07, 6.45) is 0. The number of methoxy groups -OCH3 is 1. The van der Waals surface area contributed by atoms with Crippen LogP contribution in [0.25, 0.3) is 0 Å². The highest BCUT2D eigenvalue weighted by Gasteiger charge is 2.40. The van der Waals surface area contributed by atoms with E-state index in [-0.39, 0.29) is 24.5 Å². The molecule has 3 aromatic rings. The Morgan fingerprint density at radius 2 is 1.86 bits per heavy atom. The summed E-state index contributed by atoms with van der Waals surface area (Å²) in [5.41, 5.74) is 2.36. The van der Waals surface area contributed by atoms with Crippen LogP contribution < -0.4 is 19.5 Å². The predicted octanol–water partition coefficient (Wildman–Crippen LogP) is 4.25. The average molecular weight is 493 g/mol. The molecule has 0 bridgehead atoms. The molecule has 1 saturated heterocycles. The Labute approximate surface area is 208 Å². The number of rotatable bonds is 6. The van der Waals surface area contributed by atoms with Gasteiger partial charge >= 0.3 is 0 Å². The lowest BCUT2D eigenvalue weighted by atomic mass is 9.88. The average Bonchev–Trinajstić information content (AvgIpc) is 3.54. The smallest absolute Gasteiger partial charge is 0.253 e. The van der Waals surface area contributed by atoms with Crippen molar-refractivity contribution in [3.05, 3.63) is 88.4 Å². The van der Waals surface area contributed by atoms with Crippen LogP contribution in [0.2, 0.25) is 5.02 Å². The third kappa shape index (κ3) is 4.91. The van der Waals surface area contributed by atoms with E-state index in [2.05, 4.69) is 5.32 Å². The summed E-state index contributed by atoms with van der Waals surface area (Å²) < 4.78 is 16.2. The molecule has 2 heterocycles. The standard InChI is InChI=1S/C27H25ClN2O5/c1-33-21-7-3-4-18(12-21)22-14-30(27(32)19-5-2-6-20(28)11-19)15-23(22)26(31)29-13-17-8-9-24-25(10-17)35-16-34-24/h2-12,22-23H,13-16H2,1H3,(H,29,31)/t22-,23+/m1/s1. The summed E-state index contributed by atoms with van der Waals surface area (Å²) >= 11 is 6.10. The Morgan fingerprint density at radius 3 is 2.69 bits per heavy atom. The maximum absolute atomic E-state index is 13.4. The van der Waals surface area contributed by atoms with E-state index in [1.165, 1.54) is 0 Å². The molecule has 0 radical (unpaired) electrons. The molecule has 0 aliphatic carbocycles. The molecule has 3 aromatic carbocycles. The third-order valence-corrected chi connectivity index (χ3v) is 6.68. The van der Waals surface area contributed by atoms with Crippen molar-refractivity contribution in [2.45, 2.75) is 12.5 Å². The quantitative estimate of drug-likeness (QED) is 0.556. The summed E-state index contributed by atoms with van der Waals surface area (Å²) in [7, 11) is 1.61. The van der Waals surface area contributed by atoms with Gasteiger partial charge in [0.1, 0.15) is 5.75 Å². The van der Waals surface area contributed by atoms with E-state index in [0.29, 0.717) is 47.5 Å². The van der Waals surface area contributed by atoms with E-state index < -0.39 is 5.92 Å². The van der Waals surface area contributed by atoms with Crippen molar-refractivity contribution < 1.29 is 23.8 Å². The molecule has 5 rings (SSSR count). The van der Waals surface area contributed by atoms with E-state index in [9.17, 15) is 9.59 Å². The topological polar surface area (TPSA) is 77.1 Å². The zero-order valence-electron chi connectivity index (χ0n) is 19.2. The Balaban J connectivity index is 1.36. The van der Waals surface area contributed by atoms with E-state index in [4.69, 9.17) is 25.8 Å². The lowest BCUT2D eigenvalue weighted by Crippen LogP contribution is -2.35. The number of halogens is 1. The zero-order valence-corrected chi connectivity index (χ0v) is 20.0. The van der Waals surface area contributed by atoms with Crippen molar-refractivity contribution in [1.29, 1.82) is 0 Å². The molecule has 2 aliphatic heterocycles. The molecule has 2 amide bonds. The van der Waals surface area contributed by atoms with Crippen molar-refractivity contribution in [2.24, 2.45) is 5.92 Å². The summed E-state index contributed by atoms with van der Waals surface area (Å²) in [4.78, 5) is 28.4. The lowest BCUT2D eigenvalue weighted by Gasteiger charge is -2.19. The highest BCUT2D eigenvalue weighted by atomic mass is 35.5. The molecule has 1 N–H and O–H groups in total. The minimum Gasteiger partial charge on any atom is -0.497 e. The van der Waals surface area contributed by atoms with Crippen LogP contribution in [0.15, 0.2) is 66.7 Å². The van der Waals surface area contributed by atoms with Crippen molar-refractivity contribution in [3.8, 4) is 17.2 Å². The molecule has 0 saturated carbocycles. The second-order valence-electron chi connectivity index (χ2n) is 8.62. The van der Waals surface area contributed by atoms with Gasteiger partial charge in [-0.1, -0.05) is 35.9 Å². The first-order valence-corrected chi connectivity index (χ1v) is 11.7. The van der Waals surface area contributed by atoms with Gasteiger partial charge in [-0.2, -0.15) is 0 Å². The molecule has 7 nitrogen and oxygen atoms in total. The second-order valence-corrected chi connectivity index (χ2v) is 9.05. The number of benzene rings is 3. The van der Waals surface area contributed by atoms with Crippen molar-refractivity contribution in [1.82, 2.24) is 10.2 Å². The monoisotopic (exact) mass is 492 g/mol. The maximum atomic E-state index is 13.4. The summed E-state index contributed by atoms with van der Waals surface area (Å²) in [5.74, 6) is 1.23. The predicted molar refractivity (Wildman–Crippen MR) is 131 cm³/mol. The molecule has 2 atom stereocenters. The minimum absolute atomic E-state index is 0.114. The van der Waals surface area contributed by atoms with E-state index >= 15 is 0 Å². The normalized spacial score (nSPS) is 18.4. The third-order valence-electron chi connectivity index (χ3n) is 6.44. The highest BCUT2D eigenvalue weighted by Crippen LogP contribution is 2.36. The van der Waals surface area contributed by atoms with Gasteiger partial charge in [0.25, 0.3) is 5.91 Å². The lowest BCUT2D eigenvalue weighted by molar-refractivity contribution is -0.125. The van der Waals surface area contributed by atoms with Crippen LogP contribution in [0, 0.1) is 5.92 Å². The molecule has 0 spiro atoms. The Hall–Kier alpha value is -3.71. The van der Waals surface area contributed by atoms with Crippen LogP contribution in [0.4, 0.5) is 0 Å². The van der Waals surface area contributed by atoms with E-state index in [0.717, 1.165) is 11.1 Å². The summed E-state index contributed by atoms with van der Waals surface area (Å²) in [6, 6.07) is 20.1. The largest absolute Gasteiger partial charge is 0.497 e. The fourth-order valence-electron chi connectivity index (χ4n) is 4.62. The minimum atomic E-state index is -0.417.